The number of aryl methyl sites for hydroxylation is 1. The average molecular weight is 703 g/mol. The first-order valence-corrected chi connectivity index (χ1v) is 14.8. The number of hydrogen-bond donors (Lipinski definition) is 6. The Morgan fingerprint density at radius 1 is 0.755 bits per heavy atom. The molecule has 0 spiro atoms. The average Bonchev–Trinajstić information content (AvgIpc) is 2.99. The molecule has 270 valence electrons. The van der Waals surface area contributed by atoms with E-state index in [-0.39, 0.29) is 36.0 Å². The van der Waals surface area contributed by atoms with Gasteiger partial charge in [-0.1, -0.05) is 76.2 Å². The van der Waals surface area contributed by atoms with Crippen molar-refractivity contribution < 1.29 is 55.7 Å². The van der Waals surface area contributed by atoms with Crippen molar-refractivity contribution in [2.24, 2.45) is 0 Å². The molecule has 0 fully saturated rings. The van der Waals surface area contributed by atoms with Crippen molar-refractivity contribution in [3.8, 4) is 0 Å². The third kappa shape index (κ3) is 14.9. The summed E-state index contributed by atoms with van der Waals surface area (Å²) in [7, 11) is 0. The molecule has 0 saturated heterocycles. The number of nitrogens with one attached hydrogen (secondary N) is 4. The van der Waals surface area contributed by atoms with Crippen LogP contribution in [0.3, 0.4) is 0 Å². The third-order valence-electron chi connectivity index (χ3n) is 6.45. The number of carboxylic acid groups (broad SMARTS) is 2. The van der Waals surface area contributed by atoms with Gasteiger partial charge in [-0.2, -0.15) is 26.3 Å². The van der Waals surface area contributed by atoms with Gasteiger partial charge in [-0.3, -0.25) is 9.59 Å². The van der Waals surface area contributed by atoms with Gasteiger partial charge in [0.25, 0.3) is 5.91 Å². The largest absolute Gasteiger partial charge is 0.490 e. The van der Waals surface area contributed by atoms with Gasteiger partial charge in [-0.05, 0) is 47.9 Å². The number of benzene rings is 3. The first kappa shape index (κ1) is 42.3. The Morgan fingerprint density at radius 2 is 1.29 bits per heavy atom. The number of carbonyl (C=O) groups is 4. The molecule has 6 N–H and O–H groups in total. The second kappa shape index (κ2) is 18.7. The summed E-state index contributed by atoms with van der Waals surface area (Å²) in [5.41, 5.74) is 3.06. The fourth-order valence-corrected chi connectivity index (χ4v) is 4.14. The fourth-order valence-electron chi connectivity index (χ4n) is 4.14. The molecule has 3 rings (SSSR count). The highest BCUT2D eigenvalue weighted by Crippen LogP contribution is 2.25. The van der Waals surface area contributed by atoms with Crippen molar-refractivity contribution in [3.63, 3.8) is 0 Å². The normalized spacial score (nSPS) is 12.6. The van der Waals surface area contributed by atoms with Crippen molar-refractivity contribution in [2.75, 3.05) is 11.9 Å². The third-order valence-corrected chi connectivity index (χ3v) is 6.45. The van der Waals surface area contributed by atoms with E-state index in [0.717, 1.165) is 21.9 Å². The van der Waals surface area contributed by atoms with E-state index < -0.39 is 24.3 Å². The monoisotopic (exact) mass is 702 g/mol. The summed E-state index contributed by atoms with van der Waals surface area (Å²) in [6.45, 7) is 12.5. The van der Waals surface area contributed by atoms with Crippen LogP contribution in [0.2, 0.25) is 0 Å². The molecular formula is C33H40F6N4O6. The number of hydrogen-bond acceptors (Lipinski definition) is 6. The number of aliphatic carboxylic acids is 2. The topological polar surface area (TPSA) is 157 Å². The molecule has 10 nitrogen and oxygen atoms in total. The number of anilines is 1. The summed E-state index contributed by atoms with van der Waals surface area (Å²) in [4.78, 5) is 44.0. The highest BCUT2D eigenvalue weighted by atomic mass is 19.4. The predicted molar refractivity (Wildman–Crippen MR) is 172 cm³/mol. The molecule has 49 heavy (non-hydrogen) atoms. The van der Waals surface area contributed by atoms with Gasteiger partial charge in [0.2, 0.25) is 5.91 Å². The first-order chi connectivity index (χ1) is 22.5. The van der Waals surface area contributed by atoms with Crippen LogP contribution in [0, 0.1) is 6.92 Å². The van der Waals surface area contributed by atoms with Gasteiger partial charge in [-0.25, -0.2) is 9.59 Å². The van der Waals surface area contributed by atoms with Crippen molar-refractivity contribution in [1.82, 2.24) is 16.0 Å². The smallest absolute Gasteiger partial charge is 0.475 e. The van der Waals surface area contributed by atoms with Crippen LogP contribution < -0.4 is 21.3 Å². The van der Waals surface area contributed by atoms with Crippen LogP contribution in [0.5, 0.6) is 0 Å². The second-order valence-electron chi connectivity index (χ2n) is 11.3. The lowest BCUT2D eigenvalue weighted by molar-refractivity contribution is -0.193. The summed E-state index contributed by atoms with van der Waals surface area (Å²) in [5.74, 6) is -5.82. The molecule has 0 unspecified atom stereocenters. The highest BCUT2D eigenvalue weighted by molar-refractivity contribution is 6.00. The Balaban J connectivity index is 0.000000717. The van der Waals surface area contributed by atoms with E-state index in [9.17, 15) is 35.9 Å². The number of halogens is 6. The summed E-state index contributed by atoms with van der Waals surface area (Å²) >= 11 is 0. The zero-order valence-electron chi connectivity index (χ0n) is 27.6. The summed E-state index contributed by atoms with van der Waals surface area (Å²) in [5, 5.41) is 29.3. The standard InChI is InChI=1S/C29H38N4O2.2C2HF3O2/c1-18(2)30-17-27(31-19(3)4)29(35)33-23-15-14-20(5)26(16-23)28(34)32-21(6)24-13-9-11-22-10-7-8-12-25(22)24;2*3-2(4,5)1(6)7/h7-16,18-19,21,27,30-31H,17H2,1-6H3,(H,32,34)(H,33,35);2*(H,6,7)/t21-,27+;;/m1../s1. The van der Waals surface area contributed by atoms with Crippen LogP contribution in [0.1, 0.15) is 62.1 Å². The van der Waals surface area contributed by atoms with E-state index in [1.54, 1.807) is 6.07 Å². The lowest BCUT2D eigenvalue weighted by Gasteiger charge is -2.23. The van der Waals surface area contributed by atoms with Gasteiger partial charge in [0, 0.05) is 29.9 Å². The quantitative estimate of drug-likeness (QED) is 0.136. The summed E-state index contributed by atoms with van der Waals surface area (Å²) in [6, 6.07) is 19.6. The molecule has 0 saturated carbocycles. The Kier molecular flexibility index (Phi) is 16.2. The minimum absolute atomic E-state index is 0.133. The molecule has 0 aliphatic heterocycles. The molecular weight excluding hydrogens is 662 g/mol. The number of rotatable bonds is 10. The van der Waals surface area contributed by atoms with Crippen LogP contribution >= 0.6 is 0 Å². The van der Waals surface area contributed by atoms with Gasteiger partial charge < -0.3 is 31.5 Å². The van der Waals surface area contributed by atoms with Gasteiger partial charge in [0.15, 0.2) is 0 Å². The number of carboxylic acids is 2. The number of carbonyl (C=O) groups excluding carboxylic acids is 2. The van der Waals surface area contributed by atoms with E-state index in [4.69, 9.17) is 19.8 Å². The van der Waals surface area contributed by atoms with E-state index in [1.165, 1.54) is 0 Å². The van der Waals surface area contributed by atoms with Gasteiger partial charge in [-0.15, -0.1) is 0 Å². The maximum Gasteiger partial charge on any atom is 0.490 e. The zero-order chi connectivity index (χ0) is 37.7. The molecule has 2 amide bonds. The zero-order valence-corrected chi connectivity index (χ0v) is 27.6. The maximum absolute atomic E-state index is 13.2. The van der Waals surface area contributed by atoms with Gasteiger partial charge >= 0.3 is 24.3 Å². The second-order valence-corrected chi connectivity index (χ2v) is 11.3. The molecule has 0 radical (unpaired) electrons. The molecule has 3 aromatic rings. The molecule has 0 aliphatic carbocycles. The van der Waals surface area contributed by atoms with Crippen molar-refractivity contribution in [3.05, 3.63) is 77.4 Å². The van der Waals surface area contributed by atoms with Crippen molar-refractivity contribution in [1.29, 1.82) is 0 Å². The highest BCUT2D eigenvalue weighted by Gasteiger charge is 2.38. The fraction of sp³-hybridized carbons (Fsp3) is 0.394. The van der Waals surface area contributed by atoms with E-state index in [0.29, 0.717) is 17.8 Å². The van der Waals surface area contributed by atoms with E-state index in [2.05, 4.69) is 53.3 Å². The maximum atomic E-state index is 13.2. The van der Waals surface area contributed by atoms with Crippen LogP contribution in [-0.4, -0.2) is 71.0 Å². The Bertz CT molecular complexity index is 1550. The van der Waals surface area contributed by atoms with Crippen LogP contribution in [0.4, 0.5) is 32.0 Å². The lowest BCUT2D eigenvalue weighted by Crippen LogP contribution is -2.50. The lowest BCUT2D eigenvalue weighted by atomic mass is 9.99. The minimum Gasteiger partial charge on any atom is -0.475 e. The molecule has 0 bridgehead atoms. The molecule has 0 aromatic heterocycles. The Morgan fingerprint density at radius 3 is 1.80 bits per heavy atom. The number of fused-ring (bicyclic) bond motifs is 1. The summed E-state index contributed by atoms with van der Waals surface area (Å²) in [6.07, 6.45) is -10.2. The molecule has 16 heteroatoms. The Labute approximate surface area is 279 Å². The van der Waals surface area contributed by atoms with Crippen molar-refractivity contribution >= 4 is 40.2 Å². The minimum atomic E-state index is -5.08. The van der Waals surface area contributed by atoms with Crippen LogP contribution in [0.25, 0.3) is 10.8 Å². The molecule has 0 heterocycles. The predicted octanol–water partition coefficient (Wildman–Crippen LogP) is 6.21. The molecule has 2 atom stereocenters. The van der Waals surface area contributed by atoms with Crippen LogP contribution in [0.15, 0.2) is 60.7 Å². The van der Waals surface area contributed by atoms with E-state index >= 15 is 0 Å². The molecule has 3 aromatic carbocycles. The number of alkyl halides is 6. The SMILES string of the molecule is Cc1ccc(NC(=O)[C@H](CNC(C)C)NC(C)C)cc1C(=O)N[C@H](C)c1cccc2ccccc12.O=C(O)C(F)(F)F.O=C(O)C(F)(F)F. The number of amides is 2. The van der Waals surface area contributed by atoms with Gasteiger partial charge in [0.05, 0.1) is 12.1 Å². The van der Waals surface area contributed by atoms with Gasteiger partial charge in [0.1, 0.15) is 0 Å². The van der Waals surface area contributed by atoms with Crippen molar-refractivity contribution in [2.45, 2.75) is 78.1 Å². The Hall–Kier alpha value is -4.70. The molecule has 0 aliphatic rings. The first-order valence-electron chi connectivity index (χ1n) is 14.8. The summed E-state index contributed by atoms with van der Waals surface area (Å²) < 4.78 is 63.5. The van der Waals surface area contributed by atoms with E-state index in [1.807, 2.05) is 64.1 Å². The van der Waals surface area contributed by atoms with Crippen LogP contribution in [-0.2, 0) is 14.4 Å².